The quantitative estimate of drug-likeness (QED) is 0.569. The molecule has 34 heavy (non-hydrogen) atoms. The van der Waals surface area contributed by atoms with E-state index in [2.05, 4.69) is 11.8 Å². The Hall–Kier alpha value is -1.79. The van der Waals surface area contributed by atoms with Crippen LogP contribution in [0.1, 0.15) is 82.3 Å². The molecule has 6 rings (SSSR count). The van der Waals surface area contributed by atoms with E-state index in [1.807, 2.05) is 18.0 Å². The number of likely N-dealkylation sites (tertiary alicyclic amines) is 1. The second kappa shape index (κ2) is 8.12. The van der Waals surface area contributed by atoms with E-state index in [-0.39, 0.29) is 29.8 Å². The van der Waals surface area contributed by atoms with Crippen LogP contribution in [0.3, 0.4) is 0 Å². The number of hydrogen-bond donors (Lipinski definition) is 2. The van der Waals surface area contributed by atoms with Gasteiger partial charge in [0.2, 0.25) is 5.91 Å². The molecule has 2 saturated carbocycles. The summed E-state index contributed by atoms with van der Waals surface area (Å²) in [6.07, 6.45) is 10.2. The van der Waals surface area contributed by atoms with E-state index >= 15 is 0 Å². The zero-order valence-electron chi connectivity index (χ0n) is 20.8. The van der Waals surface area contributed by atoms with Gasteiger partial charge in [-0.3, -0.25) is 9.69 Å². The molecule has 0 radical (unpaired) electrons. The van der Waals surface area contributed by atoms with Gasteiger partial charge in [-0.25, -0.2) is 0 Å². The summed E-state index contributed by atoms with van der Waals surface area (Å²) in [6, 6.07) is 3.78. The maximum absolute atomic E-state index is 13.2. The number of piperidine rings is 1. The van der Waals surface area contributed by atoms with Gasteiger partial charge in [0.15, 0.2) is 11.5 Å². The molecule has 3 aliphatic carbocycles. The number of phenols is 1. The molecule has 6 nitrogen and oxygen atoms in total. The molecule has 1 amide bonds. The topological polar surface area (TPSA) is 73.2 Å². The number of unbranched alkanes of at least 4 members (excludes halogenated alkanes) is 3. The van der Waals surface area contributed by atoms with Crippen molar-refractivity contribution in [1.82, 2.24) is 9.80 Å². The summed E-state index contributed by atoms with van der Waals surface area (Å²) in [5.74, 6) is 1.67. The minimum atomic E-state index is -0.891. The molecule has 5 aliphatic rings. The van der Waals surface area contributed by atoms with Crippen molar-refractivity contribution in [2.45, 2.75) is 107 Å². The fourth-order valence-electron chi connectivity index (χ4n) is 7.92. The summed E-state index contributed by atoms with van der Waals surface area (Å²) < 4.78 is 6.61. The third-order valence-corrected chi connectivity index (χ3v) is 9.87. The van der Waals surface area contributed by atoms with Crippen molar-refractivity contribution in [3.05, 3.63) is 23.3 Å². The first-order valence-electron chi connectivity index (χ1n) is 13.6. The third-order valence-electron chi connectivity index (χ3n) is 9.87. The molecule has 1 saturated heterocycles. The summed E-state index contributed by atoms with van der Waals surface area (Å²) in [4.78, 5) is 17.6. The van der Waals surface area contributed by atoms with E-state index in [0.717, 1.165) is 63.1 Å². The van der Waals surface area contributed by atoms with Gasteiger partial charge in [-0.15, -0.1) is 0 Å². The van der Waals surface area contributed by atoms with Gasteiger partial charge in [-0.2, -0.15) is 0 Å². The zero-order valence-corrected chi connectivity index (χ0v) is 20.8. The zero-order chi connectivity index (χ0) is 23.7. The summed E-state index contributed by atoms with van der Waals surface area (Å²) >= 11 is 0. The molecule has 2 bridgehead atoms. The summed E-state index contributed by atoms with van der Waals surface area (Å²) in [7, 11) is 1.92. The molecule has 5 atom stereocenters. The van der Waals surface area contributed by atoms with E-state index in [4.69, 9.17) is 4.74 Å². The van der Waals surface area contributed by atoms with Crippen molar-refractivity contribution >= 4 is 5.91 Å². The highest BCUT2D eigenvalue weighted by Gasteiger charge is 2.73. The van der Waals surface area contributed by atoms with Crippen LogP contribution in [-0.4, -0.2) is 69.8 Å². The Morgan fingerprint density at radius 1 is 1.21 bits per heavy atom. The molecule has 1 spiro atoms. The van der Waals surface area contributed by atoms with E-state index in [9.17, 15) is 15.0 Å². The van der Waals surface area contributed by atoms with Gasteiger partial charge < -0.3 is 19.8 Å². The molecule has 2 heterocycles. The molecule has 1 aromatic carbocycles. The summed E-state index contributed by atoms with van der Waals surface area (Å²) in [5, 5.41) is 23.3. The SMILES string of the molecule is CCCCCCC(=O)N(C)C1CCC2(O)C3Cc4ccc(O)c5c4C2(CCN3CC2CC2)C1O5. The predicted octanol–water partition coefficient (Wildman–Crippen LogP) is 3.75. The monoisotopic (exact) mass is 468 g/mol. The Balaban J connectivity index is 1.35. The molecule has 0 aromatic heterocycles. The standard InChI is InChI=1S/C28H40N2O4/c1-3-4-5-6-7-23(32)29(2)20-12-13-28(33)22-16-19-10-11-21(31)25-24(19)27(28,26(20)34-25)14-15-30(22)17-18-8-9-18/h10-11,18,20,22,26,31,33H,3-9,12-17H2,1-2H3. The van der Waals surface area contributed by atoms with E-state index < -0.39 is 11.0 Å². The van der Waals surface area contributed by atoms with Crippen molar-refractivity contribution in [3.8, 4) is 11.5 Å². The lowest BCUT2D eigenvalue weighted by atomic mass is 9.48. The number of rotatable bonds is 8. The van der Waals surface area contributed by atoms with Gasteiger partial charge in [0.25, 0.3) is 0 Å². The smallest absolute Gasteiger partial charge is 0.222 e. The molecule has 2 N–H and O–H groups in total. The highest BCUT2D eigenvalue weighted by Crippen LogP contribution is 2.66. The fourth-order valence-corrected chi connectivity index (χ4v) is 7.92. The van der Waals surface area contributed by atoms with Crippen molar-refractivity contribution in [2.24, 2.45) is 5.92 Å². The van der Waals surface area contributed by atoms with Crippen molar-refractivity contribution < 1.29 is 19.7 Å². The Morgan fingerprint density at radius 3 is 2.79 bits per heavy atom. The Morgan fingerprint density at radius 2 is 2.03 bits per heavy atom. The molecule has 6 heteroatoms. The first kappa shape index (κ1) is 22.7. The second-order valence-corrected chi connectivity index (χ2v) is 11.7. The highest BCUT2D eigenvalue weighted by atomic mass is 16.5. The highest BCUT2D eigenvalue weighted by molar-refractivity contribution is 5.76. The molecular weight excluding hydrogens is 428 g/mol. The largest absolute Gasteiger partial charge is 0.504 e. The van der Waals surface area contributed by atoms with E-state index in [0.29, 0.717) is 18.6 Å². The van der Waals surface area contributed by atoms with Crippen LogP contribution in [0, 0.1) is 5.92 Å². The van der Waals surface area contributed by atoms with E-state index in [1.165, 1.54) is 24.8 Å². The van der Waals surface area contributed by atoms with Crippen molar-refractivity contribution in [1.29, 1.82) is 0 Å². The Kier molecular flexibility index (Phi) is 5.41. The number of nitrogens with zero attached hydrogens (tertiary/aromatic N) is 2. The average molecular weight is 469 g/mol. The van der Waals surface area contributed by atoms with Crippen molar-refractivity contribution in [3.63, 3.8) is 0 Å². The van der Waals surface area contributed by atoms with Crippen LogP contribution in [0.5, 0.6) is 11.5 Å². The third kappa shape index (κ3) is 3.10. The Labute approximate surface area is 203 Å². The first-order valence-corrected chi connectivity index (χ1v) is 13.6. The molecule has 186 valence electrons. The van der Waals surface area contributed by atoms with Gasteiger partial charge in [0.1, 0.15) is 6.10 Å². The molecule has 5 unspecified atom stereocenters. The number of phenolic OH excluding ortho intramolecular Hbond substituents is 1. The average Bonchev–Trinajstić information content (AvgIpc) is 3.57. The lowest BCUT2D eigenvalue weighted by Gasteiger charge is -2.64. The van der Waals surface area contributed by atoms with Crippen LogP contribution in [0.25, 0.3) is 0 Å². The van der Waals surface area contributed by atoms with Gasteiger partial charge in [0.05, 0.1) is 17.1 Å². The minimum Gasteiger partial charge on any atom is -0.504 e. The van der Waals surface area contributed by atoms with Gasteiger partial charge in [-0.1, -0.05) is 32.3 Å². The minimum absolute atomic E-state index is 0.0759. The maximum atomic E-state index is 13.2. The van der Waals surface area contributed by atoms with Gasteiger partial charge in [-0.05, 0) is 69.0 Å². The van der Waals surface area contributed by atoms with Gasteiger partial charge in [0, 0.05) is 31.6 Å². The molecule has 1 aromatic rings. The number of carbonyl (C=O) groups excluding carboxylic acids is 1. The van der Waals surface area contributed by atoms with E-state index in [1.54, 1.807) is 6.07 Å². The fraction of sp³-hybridized carbons (Fsp3) is 0.750. The number of benzene rings is 1. The van der Waals surface area contributed by atoms with Gasteiger partial charge >= 0.3 is 0 Å². The number of aromatic hydroxyl groups is 1. The Bertz CT molecular complexity index is 977. The van der Waals surface area contributed by atoms with Crippen molar-refractivity contribution in [2.75, 3.05) is 20.1 Å². The maximum Gasteiger partial charge on any atom is 0.222 e. The normalized spacial score (nSPS) is 35.6. The predicted molar refractivity (Wildman–Crippen MR) is 130 cm³/mol. The van der Waals surface area contributed by atoms with Crippen LogP contribution in [0.4, 0.5) is 0 Å². The molecular formula is C28H40N2O4. The number of ether oxygens (including phenoxy) is 1. The lowest BCUT2D eigenvalue weighted by molar-refractivity contribution is -0.200. The number of hydrogen-bond acceptors (Lipinski definition) is 5. The van der Waals surface area contributed by atoms with Crippen LogP contribution in [0.2, 0.25) is 0 Å². The van der Waals surface area contributed by atoms with Crippen LogP contribution < -0.4 is 4.74 Å². The number of likely N-dealkylation sites (N-methyl/N-ethyl adjacent to an activating group) is 1. The second-order valence-electron chi connectivity index (χ2n) is 11.7. The molecule has 3 fully saturated rings. The number of carbonyl (C=O) groups is 1. The number of aliphatic hydroxyl groups is 1. The summed E-state index contributed by atoms with van der Waals surface area (Å²) in [5.41, 5.74) is 0.799. The van der Waals surface area contributed by atoms with Crippen LogP contribution >= 0.6 is 0 Å². The summed E-state index contributed by atoms with van der Waals surface area (Å²) in [6.45, 7) is 4.20. The molecule has 2 aliphatic heterocycles. The lowest BCUT2D eigenvalue weighted by Crippen LogP contribution is -2.78. The number of amides is 1. The van der Waals surface area contributed by atoms with Crippen LogP contribution in [-0.2, 0) is 16.6 Å². The van der Waals surface area contributed by atoms with Crippen LogP contribution in [0.15, 0.2) is 12.1 Å². The first-order chi connectivity index (χ1) is 16.4.